The number of carbonyl (C=O) groups excluding carboxylic acids is 1. The van der Waals surface area contributed by atoms with Gasteiger partial charge in [-0.25, -0.2) is 9.78 Å². The number of pyridine rings is 1. The van der Waals surface area contributed by atoms with E-state index in [4.69, 9.17) is 14.7 Å². The van der Waals surface area contributed by atoms with E-state index in [9.17, 15) is 4.79 Å². The van der Waals surface area contributed by atoms with Crippen LogP contribution in [-0.2, 0) is 0 Å². The molecule has 12 heavy (non-hydrogen) atoms. The molecular weight excluding hydrogens is 181 g/mol. The van der Waals surface area contributed by atoms with Crippen molar-refractivity contribution in [3.8, 4) is 0 Å². The largest absolute Gasteiger partial charge is 0.485 e. The van der Waals surface area contributed by atoms with Crippen molar-refractivity contribution < 1.29 is 19.5 Å². The number of hydrogen-bond donors (Lipinski definition) is 3. The first-order valence-corrected chi connectivity index (χ1v) is 4.70. The predicted octanol–water partition coefficient (Wildman–Crippen LogP) is -0.0387. The molecule has 0 aromatic carbocycles. The van der Waals surface area contributed by atoms with Crippen LogP contribution in [0.3, 0.4) is 0 Å². The first-order valence-electron chi connectivity index (χ1n) is 3.05. The molecule has 0 aliphatic carbocycles. The lowest BCUT2D eigenvalue weighted by atomic mass is 10.4. The normalized spacial score (nSPS) is 11.2. The van der Waals surface area contributed by atoms with Gasteiger partial charge in [0.1, 0.15) is 0 Å². The van der Waals surface area contributed by atoms with Gasteiger partial charge in [-0.3, -0.25) is 0 Å². The van der Waals surface area contributed by atoms with Crippen LogP contribution >= 0.6 is 7.94 Å². The van der Waals surface area contributed by atoms with Crippen molar-refractivity contribution in [1.82, 2.24) is 4.98 Å². The van der Waals surface area contributed by atoms with Gasteiger partial charge in [0.25, 0.3) is 0 Å². The van der Waals surface area contributed by atoms with Crippen molar-refractivity contribution in [3.05, 3.63) is 30.1 Å². The van der Waals surface area contributed by atoms with Gasteiger partial charge >= 0.3 is 13.5 Å². The third-order valence-corrected chi connectivity index (χ3v) is 1.93. The standard InChI is InChI=1S/C6H7NO4P/c8-6(12(9,10)11)5-3-1-2-4-7-5/h1-4,9-11H/q+1. The molecule has 0 bridgehead atoms. The van der Waals surface area contributed by atoms with E-state index in [1.54, 1.807) is 6.07 Å². The third-order valence-electron chi connectivity index (χ3n) is 1.16. The molecule has 0 saturated heterocycles. The van der Waals surface area contributed by atoms with E-state index < -0.39 is 13.5 Å². The topological polar surface area (TPSA) is 90.7 Å². The van der Waals surface area contributed by atoms with Crippen molar-refractivity contribution in [2.45, 2.75) is 0 Å². The van der Waals surface area contributed by atoms with Crippen molar-refractivity contribution in [2.24, 2.45) is 0 Å². The lowest BCUT2D eigenvalue weighted by Gasteiger charge is -1.99. The van der Waals surface area contributed by atoms with Gasteiger partial charge in [-0.2, -0.15) is 14.7 Å². The molecule has 0 saturated carbocycles. The molecule has 1 aromatic heterocycles. The van der Waals surface area contributed by atoms with Gasteiger partial charge in [-0.15, -0.1) is 0 Å². The summed E-state index contributed by atoms with van der Waals surface area (Å²) in [5.74, 6) is 0. The van der Waals surface area contributed by atoms with E-state index in [0.717, 1.165) is 0 Å². The highest BCUT2D eigenvalue weighted by Crippen LogP contribution is 2.47. The zero-order valence-electron chi connectivity index (χ0n) is 5.95. The van der Waals surface area contributed by atoms with Gasteiger partial charge in [-0.05, 0) is 12.1 Å². The van der Waals surface area contributed by atoms with E-state index in [1.807, 2.05) is 0 Å². The average Bonchev–Trinajstić information content (AvgIpc) is 2.03. The number of carbonyl (C=O) groups is 1. The molecular formula is C6H7NO4P+. The summed E-state index contributed by atoms with van der Waals surface area (Å²) in [4.78, 5) is 40.2. The van der Waals surface area contributed by atoms with Gasteiger partial charge in [0.05, 0.1) is 0 Å². The van der Waals surface area contributed by atoms with Gasteiger partial charge in [0.15, 0.2) is 5.69 Å². The van der Waals surface area contributed by atoms with Crippen LogP contribution in [0.25, 0.3) is 0 Å². The van der Waals surface area contributed by atoms with Crippen molar-refractivity contribution in [3.63, 3.8) is 0 Å². The highest BCUT2D eigenvalue weighted by atomic mass is 31.2. The molecule has 0 spiro atoms. The fourth-order valence-corrected chi connectivity index (χ4v) is 1.08. The Morgan fingerprint density at radius 2 is 2.00 bits per heavy atom. The van der Waals surface area contributed by atoms with E-state index >= 15 is 0 Å². The van der Waals surface area contributed by atoms with Crippen LogP contribution in [0.15, 0.2) is 24.4 Å². The average molecular weight is 188 g/mol. The lowest BCUT2D eigenvalue weighted by Crippen LogP contribution is -2.06. The fraction of sp³-hybridized carbons (Fsp3) is 0. The lowest BCUT2D eigenvalue weighted by molar-refractivity contribution is 0.102. The molecule has 0 aliphatic heterocycles. The van der Waals surface area contributed by atoms with Gasteiger partial charge in [0, 0.05) is 6.20 Å². The zero-order valence-corrected chi connectivity index (χ0v) is 6.85. The molecule has 1 heterocycles. The highest BCUT2D eigenvalue weighted by Gasteiger charge is 2.44. The van der Waals surface area contributed by atoms with Gasteiger partial charge < -0.3 is 0 Å². The quantitative estimate of drug-likeness (QED) is 0.566. The molecule has 64 valence electrons. The second kappa shape index (κ2) is 3.25. The Bertz CT molecular complexity index is 281. The maximum absolute atomic E-state index is 10.9. The SMILES string of the molecule is O=C(c1ccccn1)[P+](O)(O)O. The maximum atomic E-state index is 10.9. The van der Waals surface area contributed by atoms with Crippen molar-refractivity contribution in [2.75, 3.05) is 0 Å². The highest BCUT2D eigenvalue weighted by molar-refractivity contribution is 7.76. The summed E-state index contributed by atoms with van der Waals surface area (Å²) in [5.41, 5.74) is -1.29. The van der Waals surface area contributed by atoms with Crippen molar-refractivity contribution >= 4 is 13.5 Å². The van der Waals surface area contributed by atoms with Crippen LogP contribution in [0.2, 0.25) is 0 Å². The summed E-state index contributed by atoms with van der Waals surface area (Å²) in [6.45, 7) is 0. The Hall–Kier alpha value is -0.870. The Labute approximate surface area is 68.9 Å². The number of rotatable bonds is 2. The molecule has 1 aromatic rings. The minimum atomic E-state index is -4.43. The van der Waals surface area contributed by atoms with E-state index in [2.05, 4.69) is 4.98 Å². The second-order valence-electron chi connectivity index (χ2n) is 2.09. The summed E-state index contributed by atoms with van der Waals surface area (Å²) >= 11 is 0. The molecule has 0 radical (unpaired) electrons. The summed E-state index contributed by atoms with van der Waals surface area (Å²) in [6, 6.07) is 4.37. The van der Waals surface area contributed by atoms with Crippen LogP contribution in [0.4, 0.5) is 0 Å². The van der Waals surface area contributed by atoms with Gasteiger partial charge in [0.2, 0.25) is 0 Å². The molecule has 3 N–H and O–H groups in total. The molecule has 5 nitrogen and oxygen atoms in total. The number of hydrogen-bond acceptors (Lipinski definition) is 5. The van der Waals surface area contributed by atoms with Crippen LogP contribution in [0.5, 0.6) is 0 Å². The van der Waals surface area contributed by atoms with E-state index in [1.165, 1.54) is 18.3 Å². The van der Waals surface area contributed by atoms with Crippen LogP contribution in [-0.4, -0.2) is 25.2 Å². The van der Waals surface area contributed by atoms with E-state index in [-0.39, 0.29) is 5.69 Å². The van der Waals surface area contributed by atoms with E-state index in [0.29, 0.717) is 0 Å². The Balaban J connectivity index is 2.94. The molecule has 0 fully saturated rings. The number of aromatic nitrogens is 1. The minimum absolute atomic E-state index is 0.154. The summed E-state index contributed by atoms with van der Waals surface area (Å²) in [5, 5.41) is 0. The molecule has 6 heteroatoms. The molecule has 1 rings (SSSR count). The van der Waals surface area contributed by atoms with Gasteiger partial charge in [-0.1, -0.05) is 6.07 Å². The first-order chi connectivity index (χ1) is 5.52. The Kier molecular flexibility index (Phi) is 2.49. The monoisotopic (exact) mass is 188 g/mol. The predicted molar refractivity (Wildman–Crippen MR) is 42.1 cm³/mol. The minimum Gasteiger partial charge on any atom is -0.249 e. The Morgan fingerprint density at radius 1 is 1.33 bits per heavy atom. The summed E-state index contributed by atoms with van der Waals surface area (Å²) in [6.07, 6.45) is 1.32. The molecule has 0 unspecified atom stereocenters. The maximum Gasteiger partial charge on any atom is 0.485 e. The second-order valence-corrected chi connectivity index (χ2v) is 3.63. The zero-order chi connectivity index (χ0) is 9.19. The summed E-state index contributed by atoms with van der Waals surface area (Å²) in [7, 11) is -4.43. The van der Waals surface area contributed by atoms with Crippen LogP contribution < -0.4 is 0 Å². The fourth-order valence-electron chi connectivity index (χ4n) is 0.643. The molecule has 0 amide bonds. The summed E-state index contributed by atoms with van der Waals surface area (Å²) < 4.78 is 0. The first kappa shape index (κ1) is 9.22. The van der Waals surface area contributed by atoms with Crippen LogP contribution in [0.1, 0.15) is 10.5 Å². The smallest absolute Gasteiger partial charge is 0.249 e. The molecule has 0 aliphatic rings. The molecule has 0 atom stereocenters. The number of nitrogens with zero attached hydrogens (tertiary/aromatic N) is 1. The third kappa shape index (κ3) is 2.06. The van der Waals surface area contributed by atoms with Crippen LogP contribution in [0, 0.1) is 0 Å². The Morgan fingerprint density at radius 3 is 2.42 bits per heavy atom. The van der Waals surface area contributed by atoms with Crippen molar-refractivity contribution in [1.29, 1.82) is 0 Å².